The van der Waals surface area contributed by atoms with Crippen LogP contribution in [0.2, 0.25) is 0 Å². The average Bonchev–Trinajstić information content (AvgIpc) is 3.10. The number of hydrogen-bond acceptors (Lipinski definition) is 6. The van der Waals surface area contributed by atoms with E-state index in [-0.39, 0.29) is 6.42 Å². The average molecular weight is 438 g/mol. The molecule has 0 aliphatic carbocycles. The van der Waals surface area contributed by atoms with E-state index in [1.807, 2.05) is 18.2 Å². The quantitative estimate of drug-likeness (QED) is 0.512. The number of carbonyl (C=O) groups is 1. The monoisotopic (exact) mass is 437 g/mol. The zero-order valence-corrected chi connectivity index (χ0v) is 16.3. The summed E-state index contributed by atoms with van der Waals surface area (Å²) < 4.78 is 24.3. The van der Waals surface area contributed by atoms with Gasteiger partial charge in [-0.05, 0) is 59.5 Å². The zero-order chi connectivity index (χ0) is 17.0. The van der Waals surface area contributed by atoms with Crippen molar-refractivity contribution in [2.45, 2.75) is 24.5 Å². The van der Waals surface area contributed by atoms with Crippen LogP contribution in [0.25, 0.3) is 9.75 Å². The van der Waals surface area contributed by atoms with Crippen molar-refractivity contribution in [2.24, 2.45) is 0 Å². The first kappa shape index (κ1) is 18.6. The van der Waals surface area contributed by atoms with Gasteiger partial charge in [-0.2, -0.15) is 0 Å². The maximum Gasteiger partial charge on any atom is 0.261 e. The molecular formula is C14H16BrNO4S3. The van der Waals surface area contributed by atoms with Crippen molar-refractivity contribution in [3.05, 3.63) is 32.9 Å². The topological polar surface area (TPSA) is 83.5 Å². The Hall–Kier alpha value is -0.740. The van der Waals surface area contributed by atoms with E-state index in [4.69, 9.17) is 5.21 Å². The summed E-state index contributed by atoms with van der Waals surface area (Å²) in [4.78, 5) is 14.9. The molecule has 2 aromatic rings. The number of hydrogen-bond donors (Lipinski definition) is 2. The molecule has 0 bridgehead atoms. The first-order chi connectivity index (χ1) is 10.8. The van der Waals surface area contributed by atoms with Crippen LogP contribution in [0.5, 0.6) is 0 Å². The van der Waals surface area contributed by atoms with E-state index in [2.05, 4.69) is 22.0 Å². The van der Waals surface area contributed by atoms with Crippen LogP contribution >= 0.6 is 38.6 Å². The van der Waals surface area contributed by atoms with Crippen LogP contribution in [0.15, 0.2) is 28.1 Å². The van der Waals surface area contributed by atoms with E-state index in [9.17, 15) is 13.2 Å². The highest BCUT2D eigenvalue weighted by atomic mass is 79.9. The van der Waals surface area contributed by atoms with Gasteiger partial charge in [-0.25, -0.2) is 13.9 Å². The Bertz CT molecular complexity index is 782. The van der Waals surface area contributed by atoms with Crippen molar-refractivity contribution >= 4 is 54.3 Å². The molecule has 9 heteroatoms. The Morgan fingerprint density at radius 1 is 1.26 bits per heavy atom. The third-order valence-corrected chi connectivity index (χ3v) is 7.73. The second-order valence-electron chi connectivity index (χ2n) is 5.06. The minimum absolute atomic E-state index is 0.184. The molecule has 126 valence electrons. The molecule has 0 saturated carbocycles. The van der Waals surface area contributed by atoms with Crippen LogP contribution < -0.4 is 5.48 Å². The molecule has 2 aromatic heterocycles. The molecule has 1 unspecified atom stereocenters. The number of nitrogens with one attached hydrogen (secondary N) is 1. The molecule has 0 aromatic carbocycles. The molecule has 5 nitrogen and oxygen atoms in total. The Morgan fingerprint density at radius 2 is 1.91 bits per heavy atom. The molecule has 23 heavy (non-hydrogen) atoms. The fraction of sp³-hybridized carbons (Fsp3) is 0.357. The summed E-state index contributed by atoms with van der Waals surface area (Å²) >= 11 is 6.76. The summed E-state index contributed by atoms with van der Waals surface area (Å²) in [6.07, 6.45) is 2.44. The van der Waals surface area contributed by atoms with Crippen molar-refractivity contribution in [1.82, 2.24) is 5.48 Å². The smallest absolute Gasteiger partial charge is 0.261 e. The molecule has 0 aliphatic heterocycles. The van der Waals surface area contributed by atoms with Gasteiger partial charge in [0.1, 0.15) is 5.25 Å². The molecule has 0 aliphatic rings. The van der Waals surface area contributed by atoms with Crippen molar-refractivity contribution < 1.29 is 18.4 Å². The summed E-state index contributed by atoms with van der Waals surface area (Å²) in [5, 5.41) is 7.44. The zero-order valence-electron chi connectivity index (χ0n) is 12.3. The van der Waals surface area contributed by atoms with Gasteiger partial charge in [-0.1, -0.05) is 0 Å². The number of halogens is 1. The van der Waals surface area contributed by atoms with E-state index in [0.29, 0.717) is 12.8 Å². The van der Waals surface area contributed by atoms with Crippen molar-refractivity contribution in [3.8, 4) is 9.75 Å². The Labute approximate surface area is 151 Å². The number of hydroxylamine groups is 1. The van der Waals surface area contributed by atoms with Crippen LogP contribution in [0, 0.1) is 0 Å². The van der Waals surface area contributed by atoms with Crippen LogP contribution in [0.3, 0.4) is 0 Å². The van der Waals surface area contributed by atoms with E-state index < -0.39 is 21.0 Å². The lowest BCUT2D eigenvalue weighted by atomic mass is 10.1. The van der Waals surface area contributed by atoms with Gasteiger partial charge in [0, 0.05) is 20.9 Å². The molecular weight excluding hydrogens is 422 g/mol. The van der Waals surface area contributed by atoms with Gasteiger partial charge in [-0.15, -0.1) is 22.7 Å². The minimum atomic E-state index is -3.54. The maximum absolute atomic E-state index is 11.6. The van der Waals surface area contributed by atoms with E-state index in [0.717, 1.165) is 14.9 Å². The van der Waals surface area contributed by atoms with E-state index in [1.54, 1.807) is 22.7 Å². The number of carbonyl (C=O) groups excluding carboxylic acids is 1. The number of amides is 1. The van der Waals surface area contributed by atoms with Gasteiger partial charge >= 0.3 is 0 Å². The molecule has 0 fully saturated rings. The third kappa shape index (κ3) is 5.12. The normalized spacial score (nSPS) is 13.0. The molecule has 2 rings (SSSR count). The molecule has 1 amide bonds. The SMILES string of the molecule is CS(=O)(=O)C(CCCc1ccc(-c2ccc(Br)s2)s1)C(=O)NO. The number of sulfone groups is 1. The fourth-order valence-corrected chi connectivity index (χ4v) is 5.73. The third-order valence-electron chi connectivity index (χ3n) is 3.29. The number of rotatable bonds is 7. The van der Waals surface area contributed by atoms with Gasteiger partial charge in [0.25, 0.3) is 5.91 Å². The minimum Gasteiger partial charge on any atom is -0.289 e. The molecule has 0 spiro atoms. The van der Waals surface area contributed by atoms with Gasteiger partial charge in [0.05, 0.1) is 3.79 Å². The first-order valence-electron chi connectivity index (χ1n) is 6.78. The number of aryl methyl sites for hydroxylation is 1. The predicted octanol–water partition coefficient (Wildman–Crippen LogP) is 3.48. The van der Waals surface area contributed by atoms with Crippen molar-refractivity contribution in [3.63, 3.8) is 0 Å². The van der Waals surface area contributed by atoms with E-state index in [1.165, 1.54) is 15.2 Å². The van der Waals surface area contributed by atoms with Crippen LogP contribution in [0.4, 0.5) is 0 Å². The molecule has 1 atom stereocenters. The second-order valence-corrected chi connectivity index (χ2v) is 10.9. The standard InChI is InChI=1S/C14H16BrNO4S3/c1-23(19,20)12(14(17)16-18)4-2-3-9-5-6-10(21-9)11-7-8-13(15)22-11/h5-8,12,18H,2-4H2,1H3,(H,16,17). The molecule has 2 N–H and O–H groups in total. The predicted molar refractivity (Wildman–Crippen MR) is 96.8 cm³/mol. The Kier molecular flexibility index (Phi) is 6.38. The largest absolute Gasteiger partial charge is 0.289 e. The summed E-state index contributed by atoms with van der Waals surface area (Å²) in [7, 11) is -3.54. The van der Waals surface area contributed by atoms with Gasteiger partial charge < -0.3 is 0 Å². The Morgan fingerprint density at radius 3 is 2.48 bits per heavy atom. The second kappa shape index (κ2) is 7.89. The van der Waals surface area contributed by atoms with Gasteiger partial charge in [0.2, 0.25) is 0 Å². The van der Waals surface area contributed by atoms with Crippen molar-refractivity contribution in [2.75, 3.05) is 6.26 Å². The highest BCUT2D eigenvalue weighted by Crippen LogP contribution is 2.36. The Balaban J connectivity index is 1.96. The summed E-state index contributed by atoms with van der Waals surface area (Å²) in [6.45, 7) is 0. The summed E-state index contributed by atoms with van der Waals surface area (Å²) in [5.74, 6) is -0.872. The van der Waals surface area contributed by atoms with E-state index >= 15 is 0 Å². The number of thiophene rings is 2. The molecule has 2 heterocycles. The van der Waals surface area contributed by atoms with Crippen molar-refractivity contribution in [1.29, 1.82) is 0 Å². The summed E-state index contributed by atoms with van der Waals surface area (Å²) in [5.41, 5.74) is 1.43. The highest BCUT2D eigenvalue weighted by molar-refractivity contribution is 9.11. The fourth-order valence-electron chi connectivity index (χ4n) is 2.16. The first-order valence-corrected chi connectivity index (χ1v) is 11.2. The van der Waals surface area contributed by atoms with Crippen LogP contribution in [0.1, 0.15) is 17.7 Å². The van der Waals surface area contributed by atoms with Crippen LogP contribution in [-0.2, 0) is 21.1 Å². The lowest BCUT2D eigenvalue weighted by Gasteiger charge is -2.12. The van der Waals surface area contributed by atoms with Gasteiger partial charge in [-0.3, -0.25) is 10.0 Å². The maximum atomic E-state index is 11.6. The molecule has 0 saturated heterocycles. The molecule has 0 radical (unpaired) electrons. The lowest BCUT2D eigenvalue weighted by molar-refractivity contribution is -0.128. The van der Waals surface area contributed by atoms with Gasteiger partial charge in [0.15, 0.2) is 9.84 Å². The van der Waals surface area contributed by atoms with Crippen LogP contribution in [-0.4, -0.2) is 31.0 Å². The highest BCUT2D eigenvalue weighted by Gasteiger charge is 2.28. The lowest BCUT2D eigenvalue weighted by Crippen LogP contribution is -2.37. The summed E-state index contributed by atoms with van der Waals surface area (Å²) in [6, 6.07) is 8.13.